The molecule has 1 aliphatic rings. The summed E-state index contributed by atoms with van der Waals surface area (Å²) in [6.07, 6.45) is 5.52. The van der Waals surface area contributed by atoms with E-state index in [2.05, 4.69) is 210 Å². The molecule has 2 nitrogen and oxygen atoms in total. The van der Waals surface area contributed by atoms with E-state index in [0.717, 1.165) is 17.8 Å². The molecular formula is C48H36N2. The molecule has 8 aromatic carbocycles. The van der Waals surface area contributed by atoms with Gasteiger partial charge >= 0.3 is 0 Å². The molecular weight excluding hydrogens is 605 g/mol. The standard InChI is InChI=1S/C48H36N2/c1-4-19-37(20-5-1)49(46-30-16-18-35-17-10-11-25-41(35)46)40-33-31-36(32-34-40)47-42-26-12-14-28-44(42)48(45-29-15-13-27-43(45)47)50(38-21-6-2-7-22-38)39-23-8-3-9-24-39/h1-29,31-34,46H,30H2. The molecule has 9 rings (SSSR count). The number of rotatable bonds is 7. The van der Waals surface area contributed by atoms with Gasteiger partial charge < -0.3 is 9.80 Å². The minimum absolute atomic E-state index is 0.201. The van der Waals surface area contributed by atoms with Crippen LogP contribution in [0.3, 0.4) is 0 Å². The molecule has 1 atom stereocenters. The fourth-order valence-electron chi connectivity index (χ4n) is 7.77. The Labute approximate surface area is 293 Å². The number of fused-ring (bicyclic) bond motifs is 3. The summed E-state index contributed by atoms with van der Waals surface area (Å²) >= 11 is 0. The highest BCUT2D eigenvalue weighted by atomic mass is 15.2. The summed E-state index contributed by atoms with van der Waals surface area (Å²) in [5.74, 6) is 0. The highest BCUT2D eigenvalue weighted by molar-refractivity contribution is 6.22. The fourth-order valence-corrected chi connectivity index (χ4v) is 7.77. The Morgan fingerprint density at radius 1 is 0.400 bits per heavy atom. The maximum atomic E-state index is 2.50. The van der Waals surface area contributed by atoms with Gasteiger partial charge in [-0.15, -0.1) is 0 Å². The monoisotopic (exact) mass is 640 g/mol. The van der Waals surface area contributed by atoms with Crippen LogP contribution in [0.25, 0.3) is 38.7 Å². The lowest BCUT2D eigenvalue weighted by molar-refractivity contribution is 0.702. The van der Waals surface area contributed by atoms with E-state index in [1.54, 1.807) is 0 Å². The number of nitrogens with zero attached hydrogens (tertiary/aromatic N) is 2. The maximum Gasteiger partial charge on any atom is 0.0631 e. The SMILES string of the molecule is C1=Cc2ccccc2C(N(c2ccccc2)c2ccc(-c3c4ccccc4c(N(c4ccccc4)c4ccccc4)c4ccccc34)cc2)C1. The summed E-state index contributed by atoms with van der Waals surface area (Å²) in [6, 6.07) is 68.2. The van der Waals surface area contributed by atoms with E-state index in [-0.39, 0.29) is 6.04 Å². The van der Waals surface area contributed by atoms with Crippen molar-refractivity contribution in [3.05, 3.63) is 205 Å². The van der Waals surface area contributed by atoms with Gasteiger partial charge in [-0.1, -0.05) is 152 Å². The summed E-state index contributed by atoms with van der Waals surface area (Å²) < 4.78 is 0. The number of para-hydroxylation sites is 3. The van der Waals surface area contributed by atoms with Gasteiger partial charge in [0.1, 0.15) is 0 Å². The molecule has 1 unspecified atom stereocenters. The average molecular weight is 641 g/mol. The lowest BCUT2D eigenvalue weighted by atomic mass is 9.89. The second-order valence-electron chi connectivity index (χ2n) is 12.9. The number of benzene rings is 8. The van der Waals surface area contributed by atoms with Crippen LogP contribution in [0.2, 0.25) is 0 Å². The zero-order valence-corrected chi connectivity index (χ0v) is 27.7. The Morgan fingerprint density at radius 3 is 1.44 bits per heavy atom. The molecule has 0 bridgehead atoms. The van der Waals surface area contributed by atoms with E-state index in [1.165, 1.54) is 60.9 Å². The molecule has 8 aromatic rings. The molecule has 0 radical (unpaired) electrons. The second-order valence-corrected chi connectivity index (χ2v) is 12.9. The Balaban J connectivity index is 1.23. The van der Waals surface area contributed by atoms with Crippen LogP contribution in [0.15, 0.2) is 194 Å². The predicted molar refractivity (Wildman–Crippen MR) is 213 cm³/mol. The Bertz CT molecular complexity index is 2350. The molecule has 0 aromatic heterocycles. The van der Waals surface area contributed by atoms with E-state index in [4.69, 9.17) is 0 Å². The third-order valence-corrected chi connectivity index (χ3v) is 9.95. The first-order valence-electron chi connectivity index (χ1n) is 17.4. The van der Waals surface area contributed by atoms with Gasteiger partial charge in [-0.2, -0.15) is 0 Å². The van der Waals surface area contributed by atoms with Gasteiger partial charge in [0, 0.05) is 33.5 Å². The van der Waals surface area contributed by atoms with Crippen LogP contribution in [0.1, 0.15) is 23.6 Å². The minimum atomic E-state index is 0.201. The van der Waals surface area contributed by atoms with E-state index in [0.29, 0.717) is 0 Å². The molecule has 50 heavy (non-hydrogen) atoms. The molecule has 0 amide bonds. The molecule has 0 aliphatic heterocycles. The van der Waals surface area contributed by atoms with Crippen molar-refractivity contribution in [3.8, 4) is 11.1 Å². The Hall–Kier alpha value is -6.38. The number of hydrogen-bond donors (Lipinski definition) is 0. The van der Waals surface area contributed by atoms with Crippen molar-refractivity contribution >= 4 is 56.1 Å². The number of anilines is 5. The summed E-state index contributed by atoms with van der Waals surface area (Å²) in [6.45, 7) is 0. The van der Waals surface area contributed by atoms with E-state index < -0.39 is 0 Å². The predicted octanol–water partition coefficient (Wildman–Crippen LogP) is 13.4. The summed E-state index contributed by atoms with van der Waals surface area (Å²) in [5.41, 5.74) is 10.9. The Kier molecular flexibility index (Phi) is 7.68. The van der Waals surface area contributed by atoms with E-state index in [1.807, 2.05) is 0 Å². The van der Waals surface area contributed by atoms with Crippen molar-refractivity contribution in [1.82, 2.24) is 0 Å². The van der Waals surface area contributed by atoms with Crippen LogP contribution < -0.4 is 9.80 Å². The van der Waals surface area contributed by atoms with Gasteiger partial charge in [0.15, 0.2) is 0 Å². The average Bonchev–Trinajstić information content (AvgIpc) is 3.20. The molecule has 1 aliphatic carbocycles. The fraction of sp³-hybridized carbons (Fsp3) is 0.0417. The van der Waals surface area contributed by atoms with Crippen LogP contribution in [-0.2, 0) is 0 Å². The molecule has 238 valence electrons. The summed E-state index contributed by atoms with van der Waals surface area (Å²) in [5, 5.41) is 4.90. The van der Waals surface area contributed by atoms with Gasteiger partial charge in [0.25, 0.3) is 0 Å². The normalized spacial score (nSPS) is 13.6. The van der Waals surface area contributed by atoms with Crippen molar-refractivity contribution < 1.29 is 0 Å². The van der Waals surface area contributed by atoms with Gasteiger partial charge in [0.2, 0.25) is 0 Å². The summed E-state index contributed by atoms with van der Waals surface area (Å²) in [4.78, 5) is 4.91. The van der Waals surface area contributed by atoms with Gasteiger partial charge in [-0.3, -0.25) is 0 Å². The van der Waals surface area contributed by atoms with Crippen molar-refractivity contribution in [3.63, 3.8) is 0 Å². The highest BCUT2D eigenvalue weighted by Gasteiger charge is 2.26. The van der Waals surface area contributed by atoms with E-state index in [9.17, 15) is 0 Å². The van der Waals surface area contributed by atoms with Gasteiger partial charge in [-0.25, -0.2) is 0 Å². The molecule has 0 fully saturated rings. The minimum Gasteiger partial charge on any atom is -0.334 e. The van der Waals surface area contributed by atoms with Gasteiger partial charge in [-0.05, 0) is 88.0 Å². The quantitative estimate of drug-likeness (QED) is 0.160. The summed E-state index contributed by atoms with van der Waals surface area (Å²) in [7, 11) is 0. The molecule has 0 heterocycles. The smallest absolute Gasteiger partial charge is 0.0631 e. The molecule has 0 saturated heterocycles. The first-order valence-corrected chi connectivity index (χ1v) is 17.4. The van der Waals surface area contributed by atoms with Crippen molar-refractivity contribution in [2.75, 3.05) is 9.80 Å². The third-order valence-electron chi connectivity index (χ3n) is 9.95. The molecule has 0 spiro atoms. The first-order chi connectivity index (χ1) is 24.8. The molecule has 2 heteroatoms. The van der Waals surface area contributed by atoms with Crippen molar-refractivity contribution in [2.24, 2.45) is 0 Å². The largest absolute Gasteiger partial charge is 0.334 e. The number of hydrogen-bond acceptors (Lipinski definition) is 2. The highest BCUT2D eigenvalue weighted by Crippen LogP contribution is 2.48. The topological polar surface area (TPSA) is 6.48 Å². The lowest BCUT2D eigenvalue weighted by Gasteiger charge is -2.36. The third kappa shape index (κ3) is 5.23. The van der Waals surface area contributed by atoms with Crippen LogP contribution in [-0.4, -0.2) is 0 Å². The maximum absolute atomic E-state index is 2.50. The zero-order chi connectivity index (χ0) is 33.3. The van der Waals surface area contributed by atoms with Crippen molar-refractivity contribution in [2.45, 2.75) is 12.5 Å². The zero-order valence-electron chi connectivity index (χ0n) is 27.7. The van der Waals surface area contributed by atoms with Crippen LogP contribution in [0.5, 0.6) is 0 Å². The Morgan fingerprint density at radius 2 is 0.860 bits per heavy atom. The molecule has 0 saturated carbocycles. The van der Waals surface area contributed by atoms with Crippen molar-refractivity contribution in [1.29, 1.82) is 0 Å². The second kappa shape index (κ2) is 12.9. The van der Waals surface area contributed by atoms with Gasteiger partial charge in [0.05, 0.1) is 11.7 Å². The first kappa shape index (κ1) is 29.7. The van der Waals surface area contributed by atoms with E-state index >= 15 is 0 Å². The van der Waals surface area contributed by atoms with Crippen LogP contribution in [0, 0.1) is 0 Å². The van der Waals surface area contributed by atoms with Crippen LogP contribution in [0.4, 0.5) is 28.4 Å². The molecule has 0 N–H and O–H groups in total. The lowest BCUT2D eigenvalue weighted by Crippen LogP contribution is -2.25. The van der Waals surface area contributed by atoms with Crippen LogP contribution >= 0.6 is 0 Å².